The lowest BCUT2D eigenvalue weighted by atomic mass is 10.1. The first-order valence-corrected chi connectivity index (χ1v) is 6.53. The van der Waals surface area contributed by atoms with E-state index in [1.165, 1.54) is 6.42 Å². The Morgan fingerprint density at radius 3 is 3.00 bits per heavy atom. The first-order chi connectivity index (χ1) is 8.54. The molecule has 1 aromatic heterocycles. The summed E-state index contributed by atoms with van der Waals surface area (Å²) in [6, 6.07) is 1.79. The Hall–Kier alpha value is -1.36. The Morgan fingerprint density at radius 2 is 2.44 bits per heavy atom. The third-order valence-electron chi connectivity index (χ3n) is 3.26. The van der Waals surface area contributed by atoms with Crippen LogP contribution in [0.3, 0.4) is 0 Å². The van der Waals surface area contributed by atoms with E-state index in [-0.39, 0.29) is 5.91 Å². The fourth-order valence-corrected chi connectivity index (χ4v) is 2.17. The Bertz CT molecular complexity index is 414. The van der Waals surface area contributed by atoms with Gasteiger partial charge < -0.3 is 4.52 Å². The van der Waals surface area contributed by atoms with Crippen LogP contribution in [0.4, 0.5) is 5.88 Å². The van der Waals surface area contributed by atoms with Gasteiger partial charge in [-0.3, -0.25) is 15.0 Å². The van der Waals surface area contributed by atoms with Gasteiger partial charge in [-0.25, -0.2) is 0 Å². The molecule has 1 aromatic rings. The second-order valence-electron chi connectivity index (χ2n) is 5.45. The van der Waals surface area contributed by atoms with Crippen molar-refractivity contribution in [1.29, 1.82) is 0 Å². The first-order valence-electron chi connectivity index (χ1n) is 6.53. The topological polar surface area (TPSA) is 58.4 Å². The van der Waals surface area contributed by atoms with Crippen LogP contribution in [0.25, 0.3) is 0 Å². The van der Waals surface area contributed by atoms with Gasteiger partial charge in [0, 0.05) is 12.6 Å². The van der Waals surface area contributed by atoms with Crippen LogP contribution in [-0.4, -0.2) is 35.6 Å². The number of aromatic nitrogens is 1. The van der Waals surface area contributed by atoms with Crippen LogP contribution in [0.1, 0.15) is 38.8 Å². The molecule has 2 rings (SSSR count). The first kappa shape index (κ1) is 13.1. The van der Waals surface area contributed by atoms with E-state index in [1.807, 2.05) is 13.8 Å². The summed E-state index contributed by atoms with van der Waals surface area (Å²) in [5.74, 6) is 1.40. The summed E-state index contributed by atoms with van der Waals surface area (Å²) in [7, 11) is 0. The highest BCUT2D eigenvalue weighted by Gasteiger charge is 2.21. The van der Waals surface area contributed by atoms with Crippen molar-refractivity contribution < 1.29 is 9.32 Å². The standard InChI is InChI=1S/C13H21N3O2/c1-9(2)11-6-13(18-15-11)14-12(17)8-16-5-4-10(3)7-16/h6,9-10H,4-5,7-8H2,1-3H3,(H,14,17). The van der Waals surface area contributed by atoms with Gasteiger partial charge in [-0.1, -0.05) is 25.9 Å². The highest BCUT2D eigenvalue weighted by atomic mass is 16.5. The number of likely N-dealkylation sites (tertiary alicyclic amines) is 1. The van der Waals surface area contributed by atoms with Crippen LogP contribution in [0, 0.1) is 5.92 Å². The quantitative estimate of drug-likeness (QED) is 0.890. The molecule has 100 valence electrons. The van der Waals surface area contributed by atoms with Gasteiger partial charge in [0.05, 0.1) is 12.2 Å². The number of carbonyl (C=O) groups excluding carboxylic acids is 1. The van der Waals surface area contributed by atoms with Crippen LogP contribution in [0.5, 0.6) is 0 Å². The second-order valence-corrected chi connectivity index (χ2v) is 5.45. The third-order valence-corrected chi connectivity index (χ3v) is 3.26. The van der Waals surface area contributed by atoms with E-state index < -0.39 is 0 Å². The zero-order valence-corrected chi connectivity index (χ0v) is 11.3. The summed E-state index contributed by atoms with van der Waals surface area (Å²) >= 11 is 0. The monoisotopic (exact) mass is 251 g/mol. The molecule has 0 spiro atoms. The molecule has 0 radical (unpaired) electrons. The van der Waals surface area contributed by atoms with Crippen molar-refractivity contribution in [2.24, 2.45) is 5.92 Å². The predicted molar refractivity (Wildman–Crippen MR) is 69.4 cm³/mol. The van der Waals surface area contributed by atoms with Gasteiger partial charge in [0.1, 0.15) is 0 Å². The zero-order valence-electron chi connectivity index (χ0n) is 11.3. The fourth-order valence-electron chi connectivity index (χ4n) is 2.17. The molecule has 5 nitrogen and oxygen atoms in total. The van der Waals surface area contributed by atoms with E-state index in [0.29, 0.717) is 24.3 Å². The lowest BCUT2D eigenvalue weighted by Gasteiger charge is -2.13. The molecule has 18 heavy (non-hydrogen) atoms. The van der Waals surface area contributed by atoms with E-state index in [1.54, 1.807) is 6.07 Å². The van der Waals surface area contributed by atoms with Crippen molar-refractivity contribution in [3.63, 3.8) is 0 Å². The van der Waals surface area contributed by atoms with E-state index in [2.05, 4.69) is 22.3 Å². The molecule has 1 N–H and O–H groups in total. The second kappa shape index (κ2) is 5.52. The number of hydrogen-bond donors (Lipinski definition) is 1. The van der Waals surface area contributed by atoms with Gasteiger partial charge in [-0.15, -0.1) is 0 Å². The Balaban J connectivity index is 1.83. The molecule has 2 heterocycles. The van der Waals surface area contributed by atoms with Crippen molar-refractivity contribution in [1.82, 2.24) is 10.1 Å². The molecule has 0 saturated carbocycles. The SMILES string of the molecule is CC1CCN(CC(=O)Nc2cc(C(C)C)no2)C1. The van der Waals surface area contributed by atoms with Gasteiger partial charge in [0.2, 0.25) is 11.8 Å². The average molecular weight is 251 g/mol. The minimum Gasteiger partial charge on any atom is -0.338 e. The summed E-state index contributed by atoms with van der Waals surface area (Å²) in [6.45, 7) is 8.72. The van der Waals surface area contributed by atoms with E-state index in [9.17, 15) is 4.79 Å². The van der Waals surface area contributed by atoms with Gasteiger partial charge in [0.25, 0.3) is 0 Å². The van der Waals surface area contributed by atoms with Crippen molar-refractivity contribution in [3.8, 4) is 0 Å². The molecule has 1 unspecified atom stereocenters. The summed E-state index contributed by atoms with van der Waals surface area (Å²) in [4.78, 5) is 14.0. The van der Waals surface area contributed by atoms with Crippen LogP contribution in [0.15, 0.2) is 10.6 Å². The highest BCUT2D eigenvalue weighted by Crippen LogP contribution is 2.18. The van der Waals surface area contributed by atoms with Crippen LogP contribution in [-0.2, 0) is 4.79 Å². The Labute approximate surface area is 108 Å². The summed E-state index contributed by atoms with van der Waals surface area (Å²) in [5.41, 5.74) is 0.861. The molecule has 1 aliphatic rings. The Kier molecular flexibility index (Phi) is 4.01. The largest absolute Gasteiger partial charge is 0.338 e. The highest BCUT2D eigenvalue weighted by molar-refractivity contribution is 5.91. The van der Waals surface area contributed by atoms with Crippen molar-refractivity contribution in [3.05, 3.63) is 11.8 Å². The maximum absolute atomic E-state index is 11.8. The summed E-state index contributed by atoms with van der Waals surface area (Å²) in [6.07, 6.45) is 1.17. The maximum Gasteiger partial charge on any atom is 0.240 e. The number of anilines is 1. The molecule has 1 fully saturated rings. The molecule has 0 aromatic carbocycles. The van der Waals surface area contributed by atoms with Crippen LogP contribution < -0.4 is 5.32 Å². The number of nitrogens with zero attached hydrogens (tertiary/aromatic N) is 2. The molecule has 0 aliphatic carbocycles. The number of nitrogens with one attached hydrogen (secondary N) is 1. The molecule has 1 aliphatic heterocycles. The summed E-state index contributed by atoms with van der Waals surface area (Å²) in [5, 5.41) is 6.66. The van der Waals surface area contributed by atoms with Gasteiger partial charge >= 0.3 is 0 Å². The van der Waals surface area contributed by atoms with E-state index >= 15 is 0 Å². The summed E-state index contributed by atoms with van der Waals surface area (Å²) < 4.78 is 5.08. The van der Waals surface area contributed by atoms with Crippen LogP contribution >= 0.6 is 0 Å². The molecule has 1 atom stereocenters. The van der Waals surface area contributed by atoms with Crippen molar-refractivity contribution >= 4 is 11.8 Å². The normalized spacial score (nSPS) is 20.6. The average Bonchev–Trinajstić information content (AvgIpc) is 2.88. The fraction of sp³-hybridized carbons (Fsp3) is 0.692. The molecule has 1 amide bonds. The zero-order chi connectivity index (χ0) is 13.1. The minimum absolute atomic E-state index is 0.0319. The molecule has 1 saturated heterocycles. The van der Waals surface area contributed by atoms with Crippen molar-refractivity contribution in [2.75, 3.05) is 25.0 Å². The lowest BCUT2D eigenvalue weighted by Crippen LogP contribution is -2.31. The predicted octanol–water partition coefficient (Wildman–Crippen LogP) is 2.08. The number of rotatable bonds is 4. The third kappa shape index (κ3) is 3.32. The number of hydrogen-bond acceptors (Lipinski definition) is 4. The van der Waals surface area contributed by atoms with Crippen molar-refractivity contribution in [2.45, 2.75) is 33.1 Å². The Morgan fingerprint density at radius 1 is 1.67 bits per heavy atom. The van der Waals surface area contributed by atoms with Crippen LogP contribution in [0.2, 0.25) is 0 Å². The number of carbonyl (C=O) groups is 1. The van der Waals surface area contributed by atoms with Gasteiger partial charge in [-0.2, -0.15) is 0 Å². The van der Waals surface area contributed by atoms with Gasteiger partial charge in [0.15, 0.2) is 0 Å². The molecule has 0 bridgehead atoms. The smallest absolute Gasteiger partial charge is 0.240 e. The number of amides is 1. The lowest BCUT2D eigenvalue weighted by molar-refractivity contribution is -0.117. The minimum atomic E-state index is -0.0319. The molecular weight excluding hydrogens is 230 g/mol. The molecule has 5 heteroatoms. The van der Waals surface area contributed by atoms with E-state index in [0.717, 1.165) is 18.8 Å². The molecular formula is C13H21N3O2. The van der Waals surface area contributed by atoms with Gasteiger partial charge in [-0.05, 0) is 24.8 Å². The van der Waals surface area contributed by atoms with E-state index in [4.69, 9.17) is 4.52 Å². The maximum atomic E-state index is 11.8.